The molecule has 2 aromatic rings. The van der Waals surface area contributed by atoms with Crippen LogP contribution in [0.3, 0.4) is 0 Å². The zero-order valence-corrected chi connectivity index (χ0v) is 10.8. The predicted octanol–water partition coefficient (Wildman–Crippen LogP) is -0.253. The van der Waals surface area contributed by atoms with Gasteiger partial charge in [-0.05, 0) is 6.07 Å². The van der Waals surface area contributed by atoms with E-state index >= 15 is 0 Å². The molecule has 0 spiro atoms. The van der Waals surface area contributed by atoms with Gasteiger partial charge in [-0.15, -0.1) is 0 Å². The lowest BCUT2D eigenvalue weighted by Gasteiger charge is -2.07. The average Bonchev–Trinajstić information content (AvgIpc) is 2.66. The second-order valence-electron chi connectivity index (χ2n) is 3.92. The Bertz CT molecular complexity index is 637. The van der Waals surface area contributed by atoms with Crippen LogP contribution < -0.4 is 11.5 Å². The smallest absolute Gasteiger partial charge is 0.350 e. The molecule has 6 N–H and O–H groups in total. The Morgan fingerprint density at radius 3 is 2.79 bits per heavy atom. The predicted molar refractivity (Wildman–Crippen MR) is 69.2 cm³/mol. The standard InChI is InChI=1S/C9H14N5O4P/c10-7-6-1-2-14(8(6)13-9(11)12-7)3-4-18-5-19(15,16)17/h1-2H,3-5H2,(H2,15,16,17)(H4,10,11,12,13). The fourth-order valence-corrected chi connectivity index (χ4v) is 2.00. The first-order valence-electron chi connectivity index (χ1n) is 5.37. The number of aromatic nitrogens is 3. The molecule has 0 saturated heterocycles. The van der Waals surface area contributed by atoms with Crippen molar-refractivity contribution < 1.29 is 19.1 Å². The molecule has 0 atom stereocenters. The van der Waals surface area contributed by atoms with Crippen molar-refractivity contribution >= 4 is 30.4 Å². The maximum atomic E-state index is 10.6. The van der Waals surface area contributed by atoms with E-state index in [0.29, 0.717) is 17.6 Å². The second-order valence-corrected chi connectivity index (χ2v) is 5.50. The van der Waals surface area contributed by atoms with Gasteiger partial charge in [-0.3, -0.25) is 4.57 Å². The van der Waals surface area contributed by atoms with E-state index in [1.54, 1.807) is 16.8 Å². The lowest BCUT2D eigenvalue weighted by atomic mass is 10.4. The van der Waals surface area contributed by atoms with E-state index in [1.165, 1.54) is 0 Å². The minimum Gasteiger partial charge on any atom is -0.383 e. The van der Waals surface area contributed by atoms with Crippen LogP contribution in [0.15, 0.2) is 12.3 Å². The number of anilines is 2. The number of ether oxygens (including phenoxy) is 1. The first-order valence-corrected chi connectivity index (χ1v) is 7.17. The summed E-state index contributed by atoms with van der Waals surface area (Å²) in [7, 11) is -4.13. The third-order valence-corrected chi connectivity index (χ3v) is 2.92. The van der Waals surface area contributed by atoms with E-state index in [0.717, 1.165) is 0 Å². The molecule has 0 unspecified atom stereocenters. The Balaban J connectivity index is 2.07. The van der Waals surface area contributed by atoms with Gasteiger partial charge in [0.25, 0.3) is 0 Å². The van der Waals surface area contributed by atoms with E-state index in [-0.39, 0.29) is 18.4 Å². The maximum absolute atomic E-state index is 10.6. The Kier molecular flexibility index (Phi) is 3.72. The first kappa shape index (κ1) is 13.8. The molecule has 0 fully saturated rings. The summed E-state index contributed by atoms with van der Waals surface area (Å²) in [6.07, 6.45) is 1.13. The topological polar surface area (TPSA) is 150 Å². The van der Waals surface area contributed by atoms with Crippen molar-refractivity contribution in [3.05, 3.63) is 12.3 Å². The Labute approximate surface area is 108 Å². The van der Waals surface area contributed by atoms with Crippen LogP contribution in [0.2, 0.25) is 0 Å². The van der Waals surface area contributed by atoms with Crippen LogP contribution in [0.4, 0.5) is 11.8 Å². The molecule has 0 aliphatic heterocycles. The second kappa shape index (κ2) is 5.14. The first-order chi connectivity index (χ1) is 8.87. The van der Waals surface area contributed by atoms with E-state index in [2.05, 4.69) is 9.97 Å². The number of nitrogens with two attached hydrogens (primary N) is 2. The van der Waals surface area contributed by atoms with Gasteiger partial charge in [0.15, 0.2) is 0 Å². The number of rotatable bonds is 5. The van der Waals surface area contributed by atoms with Gasteiger partial charge in [0, 0.05) is 12.7 Å². The highest BCUT2D eigenvalue weighted by molar-refractivity contribution is 7.51. The van der Waals surface area contributed by atoms with Crippen LogP contribution in [0.1, 0.15) is 0 Å². The summed E-state index contributed by atoms with van der Waals surface area (Å²) in [6.45, 7) is 0.512. The van der Waals surface area contributed by atoms with Gasteiger partial charge in [-0.2, -0.15) is 9.97 Å². The number of nitrogen functional groups attached to an aromatic ring is 2. The summed E-state index contributed by atoms with van der Waals surface area (Å²) in [4.78, 5) is 25.2. The monoisotopic (exact) mass is 287 g/mol. The fraction of sp³-hybridized carbons (Fsp3) is 0.333. The molecule has 0 amide bonds. The van der Waals surface area contributed by atoms with Gasteiger partial charge in [0.1, 0.15) is 17.8 Å². The summed E-state index contributed by atoms with van der Waals surface area (Å²) >= 11 is 0. The normalized spacial score (nSPS) is 12.1. The molecule has 2 heterocycles. The molecule has 0 aliphatic rings. The van der Waals surface area contributed by atoms with Crippen LogP contribution in [0.5, 0.6) is 0 Å². The fourth-order valence-electron chi connectivity index (χ4n) is 1.63. The highest BCUT2D eigenvalue weighted by Gasteiger charge is 2.13. The third kappa shape index (κ3) is 3.42. The van der Waals surface area contributed by atoms with E-state index < -0.39 is 13.9 Å². The summed E-state index contributed by atoms with van der Waals surface area (Å²) < 4.78 is 17.2. The van der Waals surface area contributed by atoms with Crippen molar-refractivity contribution in [2.45, 2.75) is 6.54 Å². The number of hydrogen-bond donors (Lipinski definition) is 4. The van der Waals surface area contributed by atoms with Crippen molar-refractivity contribution in [2.75, 3.05) is 24.4 Å². The molecule has 0 saturated carbocycles. The van der Waals surface area contributed by atoms with Crippen molar-refractivity contribution in [2.24, 2.45) is 0 Å². The lowest BCUT2D eigenvalue weighted by Crippen LogP contribution is -2.08. The Hall–Kier alpha value is -1.67. The molecule has 0 aliphatic carbocycles. The summed E-state index contributed by atoms with van der Waals surface area (Å²) in [5, 5.41) is 0.671. The average molecular weight is 287 g/mol. The number of hydrogen-bond acceptors (Lipinski definition) is 6. The SMILES string of the molecule is Nc1nc(N)c2ccn(CCOCP(=O)(O)O)c2n1. The molecule has 19 heavy (non-hydrogen) atoms. The maximum Gasteiger partial charge on any atom is 0.350 e. The van der Waals surface area contributed by atoms with Crippen molar-refractivity contribution in [3.63, 3.8) is 0 Å². The highest BCUT2D eigenvalue weighted by Crippen LogP contribution is 2.33. The minimum atomic E-state index is -4.13. The van der Waals surface area contributed by atoms with Crippen LogP contribution in [0.25, 0.3) is 11.0 Å². The molecule has 2 aromatic heterocycles. The third-order valence-electron chi connectivity index (χ3n) is 2.40. The summed E-state index contributed by atoms with van der Waals surface area (Å²) in [5.74, 6) is 0.360. The Morgan fingerprint density at radius 1 is 1.37 bits per heavy atom. The van der Waals surface area contributed by atoms with Gasteiger partial charge in [0.2, 0.25) is 5.95 Å². The molecular formula is C9H14N5O4P. The van der Waals surface area contributed by atoms with Crippen LogP contribution in [0, 0.1) is 0 Å². The van der Waals surface area contributed by atoms with Gasteiger partial charge < -0.3 is 30.6 Å². The van der Waals surface area contributed by atoms with Crippen LogP contribution in [-0.4, -0.2) is 37.3 Å². The zero-order valence-electron chi connectivity index (χ0n) is 9.93. The van der Waals surface area contributed by atoms with Gasteiger partial charge in [0.05, 0.1) is 12.0 Å². The van der Waals surface area contributed by atoms with Crippen molar-refractivity contribution in [1.82, 2.24) is 14.5 Å². The molecule has 0 aromatic carbocycles. The Morgan fingerprint density at radius 2 is 2.11 bits per heavy atom. The molecule has 0 bridgehead atoms. The molecular weight excluding hydrogens is 273 g/mol. The summed E-state index contributed by atoms with van der Waals surface area (Å²) in [5.41, 5.74) is 11.8. The number of fused-ring (bicyclic) bond motifs is 1. The molecule has 2 rings (SSSR count). The van der Waals surface area contributed by atoms with E-state index in [4.69, 9.17) is 26.0 Å². The summed E-state index contributed by atoms with van der Waals surface area (Å²) in [6, 6.07) is 1.74. The molecule has 9 nitrogen and oxygen atoms in total. The minimum absolute atomic E-state index is 0.0704. The quantitative estimate of drug-likeness (QED) is 0.434. The van der Waals surface area contributed by atoms with Crippen molar-refractivity contribution in [3.8, 4) is 0 Å². The zero-order chi connectivity index (χ0) is 14.0. The number of nitrogens with zero attached hydrogens (tertiary/aromatic N) is 3. The van der Waals surface area contributed by atoms with Crippen LogP contribution >= 0.6 is 7.60 Å². The highest BCUT2D eigenvalue weighted by atomic mass is 31.2. The van der Waals surface area contributed by atoms with E-state index in [1.807, 2.05) is 0 Å². The van der Waals surface area contributed by atoms with Crippen molar-refractivity contribution in [1.29, 1.82) is 0 Å². The van der Waals surface area contributed by atoms with Gasteiger partial charge in [-0.25, -0.2) is 0 Å². The lowest BCUT2D eigenvalue weighted by molar-refractivity contribution is 0.149. The molecule has 10 heteroatoms. The van der Waals surface area contributed by atoms with Gasteiger partial charge >= 0.3 is 7.60 Å². The largest absolute Gasteiger partial charge is 0.383 e. The van der Waals surface area contributed by atoms with E-state index in [9.17, 15) is 4.57 Å². The molecule has 104 valence electrons. The van der Waals surface area contributed by atoms with Gasteiger partial charge in [-0.1, -0.05) is 0 Å². The molecule has 0 radical (unpaired) electrons. The van der Waals surface area contributed by atoms with Crippen LogP contribution in [-0.2, 0) is 15.8 Å².